The Morgan fingerprint density at radius 3 is 2.71 bits per heavy atom. The summed E-state index contributed by atoms with van der Waals surface area (Å²) in [4.78, 5) is 11.6. The maximum absolute atomic E-state index is 14.6. The lowest BCUT2D eigenvalue weighted by Crippen LogP contribution is -2.33. The summed E-state index contributed by atoms with van der Waals surface area (Å²) < 4.78 is 42.9. The van der Waals surface area contributed by atoms with Crippen LogP contribution in [0.25, 0.3) is 10.9 Å². The number of para-hydroxylation sites is 1. The van der Waals surface area contributed by atoms with Crippen molar-refractivity contribution in [2.45, 2.75) is 13.5 Å². The fourth-order valence-corrected chi connectivity index (χ4v) is 4.05. The van der Waals surface area contributed by atoms with Crippen molar-refractivity contribution in [3.8, 4) is 0 Å². The zero-order chi connectivity index (χ0) is 20.5. The highest BCUT2D eigenvalue weighted by molar-refractivity contribution is 7.92. The van der Waals surface area contributed by atoms with Crippen molar-refractivity contribution in [1.82, 2.24) is 15.2 Å². The fraction of sp³-hybridized carbons (Fsp3) is 0.222. The van der Waals surface area contributed by atoms with Crippen LogP contribution in [-0.4, -0.2) is 29.9 Å². The Kier molecular flexibility index (Phi) is 5.34. The van der Waals surface area contributed by atoms with E-state index in [1.54, 1.807) is 30.1 Å². The number of hydrogen-bond acceptors (Lipinski definition) is 5. The number of fused-ring (bicyclic) bond motifs is 1. The van der Waals surface area contributed by atoms with Gasteiger partial charge in [0.15, 0.2) is 0 Å². The Bertz CT molecular complexity index is 1140. The third-order valence-corrected chi connectivity index (χ3v) is 6.20. The fourth-order valence-electron chi connectivity index (χ4n) is 2.96. The van der Waals surface area contributed by atoms with Gasteiger partial charge in [0.1, 0.15) is 5.82 Å². The van der Waals surface area contributed by atoms with Gasteiger partial charge in [-0.1, -0.05) is 18.2 Å². The summed E-state index contributed by atoms with van der Waals surface area (Å²) in [5, 5.41) is 4.95. The first kappa shape index (κ1) is 19.8. The van der Waals surface area contributed by atoms with Crippen LogP contribution in [0.4, 0.5) is 10.1 Å². The number of aryl methyl sites for hydroxylation is 1. The van der Waals surface area contributed by atoms with E-state index in [9.17, 15) is 17.6 Å². The predicted molar refractivity (Wildman–Crippen MR) is 104 cm³/mol. The van der Waals surface area contributed by atoms with Crippen LogP contribution in [-0.2, 0) is 23.6 Å². The molecule has 0 unspecified atom stereocenters. The second kappa shape index (κ2) is 7.56. The number of sulfonamides is 1. The highest BCUT2D eigenvalue weighted by Gasteiger charge is 2.25. The third kappa shape index (κ3) is 3.56. The Morgan fingerprint density at radius 2 is 2.07 bits per heavy atom. The molecule has 1 amide bonds. The molecule has 0 aliphatic heterocycles. The minimum atomic E-state index is -3.72. The number of carbonyl (C=O) groups is 1. The monoisotopic (exact) mass is 405 g/mol. The molecule has 0 fully saturated rings. The van der Waals surface area contributed by atoms with Gasteiger partial charge in [-0.3, -0.25) is 19.2 Å². The van der Waals surface area contributed by atoms with Gasteiger partial charge in [-0.05, 0) is 25.1 Å². The SMILES string of the molecule is CCS(=O)(=O)N(Cc1ccc(C(=O)NN)cc1F)c1cccc2cnn(C)c12. The number of carbonyl (C=O) groups excluding carboxylic acids is 1. The van der Waals surface area contributed by atoms with Crippen molar-refractivity contribution in [1.29, 1.82) is 0 Å². The molecule has 3 rings (SSSR count). The number of nitrogen functional groups attached to an aromatic ring is 1. The lowest BCUT2D eigenvalue weighted by Gasteiger charge is -2.25. The Morgan fingerprint density at radius 1 is 1.32 bits per heavy atom. The number of nitrogens with zero attached hydrogens (tertiary/aromatic N) is 3. The van der Waals surface area contributed by atoms with Crippen LogP contribution in [0.5, 0.6) is 0 Å². The normalized spacial score (nSPS) is 11.6. The first-order chi connectivity index (χ1) is 13.3. The van der Waals surface area contributed by atoms with Gasteiger partial charge in [-0.15, -0.1) is 0 Å². The van der Waals surface area contributed by atoms with Crippen LogP contribution in [0.15, 0.2) is 42.6 Å². The molecule has 148 valence electrons. The zero-order valence-corrected chi connectivity index (χ0v) is 16.2. The van der Waals surface area contributed by atoms with Crippen LogP contribution in [0.1, 0.15) is 22.8 Å². The quantitative estimate of drug-likeness (QED) is 0.368. The van der Waals surface area contributed by atoms with Crippen molar-refractivity contribution < 1.29 is 17.6 Å². The molecule has 8 nitrogen and oxygen atoms in total. The second-order valence-electron chi connectivity index (χ2n) is 6.17. The van der Waals surface area contributed by atoms with Crippen molar-refractivity contribution >= 4 is 32.5 Å². The zero-order valence-electron chi connectivity index (χ0n) is 15.4. The molecular weight excluding hydrogens is 385 g/mol. The van der Waals surface area contributed by atoms with Gasteiger partial charge < -0.3 is 0 Å². The van der Waals surface area contributed by atoms with Crippen molar-refractivity contribution in [2.75, 3.05) is 10.1 Å². The van der Waals surface area contributed by atoms with Crippen LogP contribution in [0.3, 0.4) is 0 Å². The third-order valence-electron chi connectivity index (χ3n) is 4.47. The number of aromatic nitrogens is 2. The highest BCUT2D eigenvalue weighted by Crippen LogP contribution is 2.30. The minimum Gasteiger partial charge on any atom is -0.290 e. The number of hydrogen-bond donors (Lipinski definition) is 2. The maximum atomic E-state index is 14.6. The van der Waals surface area contributed by atoms with Gasteiger partial charge in [-0.25, -0.2) is 18.7 Å². The summed E-state index contributed by atoms with van der Waals surface area (Å²) in [5.74, 6) is 3.57. The Hall–Kier alpha value is -2.98. The number of benzene rings is 2. The molecule has 0 aliphatic rings. The summed E-state index contributed by atoms with van der Waals surface area (Å²) in [6.07, 6.45) is 1.64. The largest absolute Gasteiger partial charge is 0.290 e. The molecule has 28 heavy (non-hydrogen) atoms. The number of rotatable bonds is 6. The average molecular weight is 405 g/mol. The van der Waals surface area contributed by atoms with Crippen molar-refractivity contribution in [3.63, 3.8) is 0 Å². The summed E-state index contributed by atoms with van der Waals surface area (Å²) in [6.45, 7) is 1.30. The van der Waals surface area contributed by atoms with E-state index in [2.05, 4.69) is 5.10 Å². The molecule has 1 aromatic heterocycles. The van der Waals surface area contributed by atoms with E-state index in [0.29, 0.717) is 11.2 Å². The summed E-state index contributed by atoms with van der Waals surface area (Å²) >= 11 is 0. The standard InChI is InChI=1S/C18H20FN5O3S/c1-3-28(26,27)24(16-6-4-5-13-10-21-23(2)17(13)16)11-14-8-7-12(9-15(14)19)18(25)22-20/h4-10H,3,11,20H2,1-2H3,(H,22,25). The lowest BCUT2D eigenvalue weighted by atomic mass is 10.1. The van der Waals surface area contributed by atoms with E-state index >= 15 is 0 Å². The molecule has 3 aromatic rings. The van der Waals surface area contributed by atoms with Gasteiger partial charge >= 0.3 is 0 Å². The molecule has 1 heterocycles. The first-order valence-electron chi connectivity index (χ1n) is 8.49. The van der Waals surface area contributed by atoms with Gasteiger partial charge in [-0.2, -0.15) is 5.10 Å². The van der Waals surface area contributed by atoms with E-state index in [4.69, 9.17) is 5.84 Å². The molecule has 0 aliphatic carbocycles. The second-order valence-corrected chi connectivity index (χ2v) is 8.35. The molecular formula is C18H20FN5O3S. The van der Waals surface area contributed by atoms with Gasteiger partial charge in [0.25, 0.3) is 5.91 Å². The minimum absolute atomic E-state index is 0.0439. The molecule has 0 spiro atoms. The van der Waals surface area contributed by atoms with Crippen LogP contribution < -0.4 is 15.6 Å². The summed E-state index contributed by atoms with van der Waals surface area (Å²) in [5.41, 5.74) is 3.13. The number of nitrogens with one attached hydrogen (secondary N) is 1. The number of halogens is 1. The summed E-state index contributed by atoms with van der Waals surface area (Å²) in [7, 11) is -2.01. The van der Waals surface area contributed by atoms with Gasteiger partial charge in [0.2, 0.25) is 10.0 Å². The van der Waals surface area contributed by atoms with Gasteiger partial charge in [0.05, 0.1) is 29.7 Å². The average Bonchev–Trinajstić information content (AvgIpc) is 3.07. The Labute approximate surface area is 161 Å². The molecule has 0 saturated heterocycles. The van der Waals surface area contributed by atoms with E-state index in [-0.39, 0.29) is 23.4 Å². The van der Waals surface area contributed by atoms with E-state index in [1.165, 1.54) is 19.1 Å². The predicted octanol–water partition coefficient (Wildman–Crippen LogP) is 1.67. The molecule has 2 aromatic carbocycles. The van der Waals surface area contributed by atoms with Crippen LogP contribution >= 0.6 is 0 Å². The molecule has 3 N–H and O–H groups in total. The number of anilines is 1. The number of hydrazine groups is 1. The maximum Gasteiger partial charge on any atom is 0.265 e. The number of amides is 1. The van der Waals surface area contributed by atoms with E-state index in [1.807, 2.05) is 11.5 Å². The van der Waals surface area contributed by atoms with E-state index < -0.39 is 21.7 Å². The van der Waals surface area contributed by atoms with Crippen LogP contribution in [0, 0.1) is 5.82 Å². The van der Waals surface area contributed by atoms with Crippen molar-refractivity contribution in [2.24, 2.45) is 12.9 Å². The molecule has 0 saturated carbocycles. The molecule has 0 radical (unpaired) electrons. The summed E-state index contributed by atoms with van der Waals surface area (Å²) in [6, 6.07) is 9.00. The molecule has 10 heteroatoms. The van der Waals surface area contributed by atoms with Crippen LogP contribution in [0.2, 0.25) is 0 Å². The molecule has 0 bridgehead atoms. The highest BCUT2D eigenvalue weighted by atomic mass is 32.2. The van der Waals surface area contributed by atoms with E-state index in [0.717, 1.165) is 15.8 Å². The Balaban J connectivity index is 2.10. The smallest absolute Gasteiger partial charge is 0.265 e. The lowest BCUT2D eigenvalue weighted by molar-refractivity contribution is 0.0953. The van der Waals surface area contributed by atoms with Crippen molar-refractivity contribution in [3.05, 3.63) is 59.5 Å². The number of nitrogens with two attached hydrogens (primary N) is 1. The van der Waals surface area contributed by atoms with Gasteiger partial charge in [0, 0.05) is 23.6 Å². The molecule has 0 atom stereocenters. The topological polar surface area (TPSA) is 110 Å². The first-order valence-corrected chi connectivity index (χ1v) is 10.1.